The van der Waals surface area contributed by atoms with E-state index in [1.165, 1.54) is 10.4 Å². The SMILES string of the molecule is Cc1ccc(N)cc1S(=O)(=O)N1CCCC1C(N)=O. The largest absolute Gasteiger partial charge is 0.399 e. The second-order valence-corrected chi connectivity index (χ2v) is 6.56. The van der Waals surface area contributed by atoms with Crippen molar-refractivity contribution in [3.05, 3.63) is 23.8 Å². The fourth-order valence-electron chi connectivity index (χ4n) is 2.33. The summed E-state index contributed by atoms with van der Waals surface area (Å²) in [6, 6.07) is 3.95. The van der Waals surface area contributed by atoms with Gasteiger partial charge in [-0.2, -0.15) is 4.31 Å². The summed E-state index contributed by atoms with van der Waals surface area (Å²) in [5, 5.41) is 0. The Morgan fingerprint density at radius 3 is 2.74 bits per heavy atom. The molecule has 7 heteroatoms. The first-order valence-electron chi connectivity index (χ1n) is 6.01. The molecule has 1 unspecified atom stereocenters. The number of carbonyl (C=O) groups excluding carboxylic acids is 1. The molecule has 0 saturated carbocycles. The minimum Gasteiger partial charge on any atom is -0.399 e. The first kappa shape index (κ1) is 13.8. The molecular formula is C12H17N3O3S. The molecule has 0 radical (unpaired) electrons. The number of aryl methyl sites for hydroxylation is 1. The van der Waals surface area contributed by atoms with Crippen molar-refractivity contribution in [2.75, 3.05) is 12.3 Å². The lowest BCUT2D eigenvalue weighted by Gasteiger charge is -2.22. The van der Waals surface area contributed by atoms with Crippen molar-refractivity contribution >= 4 is 21.6 Å². The quantitative estimate of drug-likeness (QED) is 0.773. The maximum atomic E-state index is 12.6. The summed E-state index contributed by atoms with van der Waals surface area (Å²) in [5.74, 6) is -0.609. The summed E-state index contributed by atoms with van der Waals surface area (Å²) in [7, 11) is -3.73. The van der Waals surface area contributed by atoms with Crippen molar-refractivity contribution in [3.8, 4) is 0 Å². The number of hydrogen-bond donors (Lipinski definition) is 2. The van der Waals surface area contributed by atoms with Crippen LogP contribution in [0.25, 0.3) is 0 Å². The van der Waals surface area contributed by atoms with Crippen LogP contribution < -0.4 is 11.5 Å². The van der Waals surface area contributed by atoms with Crippen LogP contribution in [0.3, 0.4) is 0 Å². The van der Waals surface area contributed by atoms with Gasteiger partial charge in [-0.05, 0) is 37.5 Å². The molecule has 1 aliphatic heterocycles. The highest BCUT2D eigenvalue weighted by atomic mass is 32.2. The van der Waals surface area contributed by atoms with Gasteiger partial charge in [0.2, 0.25) is 15.9 Å². The summed E-state index contributed by atoms with van der Waals surface area (Å²) in [4.78, 5) is 11.5. The zero-order chi connectivity index (χ0) is 14.2. The molecule has 104 valence electrons. The fraction of sp³-hybridized carbons (Fsp3) is 0.417. The van der Waals surface area contributed by atoms with Gasteiger partial charge in [-0.15, -0.1) is 0 Å². The van der Waals surface area contributed by atoms with Gasteiger partial charge in [-0.25, -0.2) is 8.42 Å². The van der Waals surface area contributed by atoms with E-state index >= 15 is 0 Å². The number of carbonyl (C=O) groups is 1. The van der Waals surface area contributed by atoms with Crippen LogP contribution in [0.5, 0.6) is 0 Å². The van der Waals surface area contributed by atoms with E-state index in [2.05, 4.69) is 0 Å². The molecule has 1 aromatic carbocycles. The molecule has 1 atom stereocenters. The van der Waals surface area contributed by atoms with Crippen LogP contribution in [-0.4, -0.2) is 31.2 Å². The Morgan fingerprint density at radius 1 is 1.42 bits per heavy atom. The van der Waals surface area contributed by atoms with E-state index in [1.54, 1.807) is 19.1 Å². The number of anilines is 1. The van der Waals surface area contributed by atoms with Gasteiger partial charge in [0.05, 0.1) is 4.90 Å². The van der Waals surface area contributed by atoms with Crippen LogP contribution in [0.15, 0.2) is 23.1 Å². The standard InChI is InChI=1S/C12H17N3O3S/c1-8-4-5-9(13)7-11(8)19(17,18)15-6-2-3-10(15)12(14)16/h4-5,7,10H,2-3,6,13H2,1H3,(H2,14,16). The predicted molar refractivity (Wildman–Crippen MR) is 71.7 cm³/mol. The van der Waals surface area contributed by atoms with Gasteiger partial charge in [0.15, 0.2) is 0 Å². The van der Waals surface area contributed by atoms with Crippen LogP contribution in [0, 0.1) is 6.92 Å². The van der Waals surface area contributed by atoms with Crippen molar-refractivity contribution in [3.63, 3.8) is 0 Å². The molecule has 1 saturated heterocycles. The van der Waals surface area contributed by atoms with Crippen molar-refractivity contribution in [1.82, 2.24) is 4.31 Å². The van der Waals surface area contributed by atoms with Crippen molar-refractivity contribution in [1.29, 1.82) is 0 Å². The zero-order valence-electron chi connectivity index (χ0n) is 10.7. The first-order valence-corrected chi connectivity index (χ1v) is 7.45. The number of hydrogen-bond acceptors (Lipinski definition) is 4. The van der Waals surface area contributed by atoms with Crippen molar-refractivity contribution < 1.29 is 13.2 Å². The number of rotatable bonds is 3. The Kier molecular flexibility index (Phi) is 3.51. The van der Waals surface area contributed by atoms with Crippen LogP contribution >= 0.6 is 0 Å². The second kappa shape index (κ2) is 4.82. The summed E-state index contributed by atoms with van der Waals surface area (Å²) < 4.78 is 26.3. The number of primary amides is 1. The minimum atomic E-state index is -3.73. The Balaban J connectivity index is 2.48. The van der Waals surface area contributed by atoms with E-state index in [0.29, 0.717) is 30.6 Å². The average Bonchev–Trinajstić information content (AvgIpc) is 2.82. The lowest BCUT2D eigenvalue weighted by atomic mass is 10.2. The molecule has 1 aromatic rings. The molecule has 4 N–H and O–H groups in total. The van der Waals surface area contributed by atoms with E-state index in [0.717, 1.165) is 0 Å². The minimum absolute atomic E-state index is 0.139. The molecule has 0 aromatic heterocycles. The van der Waals surface area contributed by atoms with Gasteiger partial charge >= 0.3 is 0 Å². The molecule has 1 fully saturated rings. The number of nitrogens with zero attached hydrogens (tertiary/aromatic N) is 1. The molecule has 1 heterocycles. The Bertz CT molecular complexity index is 613. The topological polar surface area (TPSA) is 106 Å². The molecule has 19 heavy (non-hydrogen) atoms. The van der Waals surface area contributed by atoms with E-state index in [-0.39, 0.29) is 4.90 Å². The lowest BCUT2D eigenvalue weighted by molar-refractivity contribution is -0.121. The predicted octanol–water partition coefficient (Wildman–Crippen LogP) is 0.216. The Hall–Kier alpha value is -1.60. The van der Waals surface area contributed by atoms with Crippen LogP contribution in [0.4, 0.5) is 5.69 Å². The van der Waals surface area contributed by atoms with Gasteiger partial charge in [-0.3, -0.25) is 4.79 Å². The smallest absolute Gasteiger partial charge is 0.244 e. The zero-order valence-corrected chi connectivity index (χ0v) is 11.5. The van der Waals surface area contributed by atoms with E-state index in [4.69, 9.17) is 11.5 Å². The maximum absolute atomic E-state index is 12.6. The highest BCUT2D eigenvalue weighted by Gasteiger charge is 2.38. The van der Waals surface area contributed by atoms with Gasteiger partial charge in [-0.1, -0.05) is 6.07 Å². The molecule has 1 aliphatic rings. The van der Waals surface area contributed by atoms with Crippen molar-refractivity contribution in [2.24, 2.45) is 5.73 Å². The number of nitrogens with two attached hydrogens (primary N) is 2. The van der Waals surface area contributed by atoms with Gasteiger partial charge < -0.3 is 11.5 Å². The number of nitrogen functional groups attached to an aromatic ring is 1. The second-order valence-electron chi connectivity index (χ2n) is 4.70. The number of benzene rings is 1. The Morgan fingerprint density at radius 2 is 2.11 bits per heavy atom. The van der Waals surface area contributed by atoms with Crippen LogP contribution in [-0.2, 0) is 14.8 Å². The molecule has 0 bridgehead atoms. The summed E-state index contributed by atoms with van der Waals surface area (Å²) in [5.41, 5.74) is 11.9. The highest BCUT2D eigenvalue weighted by Crippen LogP contribution is 2.28. The molecule has 0 spiro atoms. The lowest BCUT2D eigenvalue weighted by Crippen LogP contribution is -2.43. The highest BCUT2D eigenvalue weighted by molar-refractivity contribution is 7.89. The van der Waals surface area contributed by atoms with Crippen LogP contribution in [0.1, 0.15) is 18.4 Å². The summed E-state index contributed by atoms with van der Waals surface area (Å²) >= 11 is 0. The first-order chi connectivity index (χ1) is 8.84. The Labute approximate surface area is 112 Å². The molecule has 0 aliphatic carbocycles. The fourth-order valence-corrected chi connectivity index (χ4v) is 4.26. The third-order valence-corrected chi connectivity index (χ3v) is 5.38. The van der Waals surface area contributed by atoms with E-state index in [9.17, 15) is 13.2 Å². The van der Waals surface area contributed by atoms with Gasteiger partial charge in [0.1, 0.15) is 6.04 Å². The van der Waals surface area contributed by atoms with E-state index in [1.807, 2.05) is 0 Å². The van der Waals surface area contributed by atoms with E-state index < -0.39 is 22.0 Å². The molecule has 2 rings (SSSR count). The van der Waals surface area contributed by atoms with Gasteiger partial charge in [0.25, 0.3) is 0 Å². The summed E-state index contributed by atoms with van der Waals surface area (Å²) in [6.45, 7) is 2.01. The number of amides is 1. The van der Waals surface area contributed by atoms with Crippen molar-refractivity contribution in [2.45, 2.75) is 30.7 Å². The monoisotopic (exact) mass is 283 g/mol. The number of sulfonamides is 1. The molecule has 1 amide bonds. The third kappa shape index (κ3) is 2.43. The molecular weight excluding hydrogens is 266 g/mol. The van der Waals surface area contributed by atoms with Crippen LogP contribution in [0.2, 0.25) is 0 Å². The third-order valence-electron chi connectivity index (χ3n) is 3.33. The molecule has 6 nitrogen and oxygen atoms in total. The normalized spacial score (nSPS) is 20.6. The summed E-state index contributed by atoms with van der Waals surface area (Å²) in [6.07, 6.45) is 1.10. The van der Waals surface area contributed by atoms with Gasteiger partial charge in [0, 0.05) is 12.2 Å². The average molecular weight is 283 g/mol. The maximum Gasteiger partial charge on any atom is 0.244 e.